The molecule has 15 heavy (non-hydrogen) atoms. The molecule has 1 rings (SSSR count). The van der Waals surface area contributed by atoms with Gasteiger partial charge >= 0.3 is 5.97 Å². The fourth-order valence-corrected chi connectivity index (χ4v) is 1.09. The van der Waals surface area contributed by atoms with Crippen LogP contribution in [0.5, 0.6) is 0 Å². The minimum Gasteiger partial charge on any atom is -0.466 e. The van der Waals surface area contributed by atoms with E-state index in [0.717, 1.165) is 0 Å². The molecular weight excluding hydrogens is 196 g/mol. The Hall–Kier alpha value is -1.90. The second-order valence-electron chi connectivity index (χ2n) is 3.02. The van der Waals surface area contributed by atoms with Crippen LogP contribution in [-0.2, 0) is 9.53 Å². The van der Waals surface area contributed by atoms with Crippen molar-refractivity contribution in [1.82, 2.24) is 14.8 Å². The lowest BCUT2D eigenvalue weighted by atomic mass is 10.2. The first-order chi connectivity index (χ1) is 7.17. The molecule has 1 aromatic rings. The fourth-order valence-electron chi connectivity index (χ4n) is 1.09. The van der Waals surface area contributed by atoms with Crippen LogP contribution in [0.15, 0.2) is 6.33 Å². The number of ether oxygens (including phenoxy) is 1. The highest BCUT2D eigenvalue weighted by atomic mass is 16.5. The van der Waals surface area contributed by atoms with Gasteiger partial charge in [0.2, 0.25) is 0 Å². The van der Waals surface area contributed by atoms with Gasteiger partial charge in [0.05, 0.1) is 19.1 Å². The molecular formula is C9H12N4O2. The predicted octanol–water partition coefficient (Wildman–Crippen LogP) is 0.664. The third kappa shape index (κ3) is 3.06. The Balaban J connectivity index is 2.57. The number of rotatable bonds is 4. The summed E-state index contributed by atoms with van der Waals surface area (Å²) in [7, 11) is 0. The molecule has 0 aliphatic carbocycles. The standard InChI is InChI=1S/C9H12N4O2/c1-3-15-9(14)4-7(2)13-6-11-8(5-10)12-13/h6-7H,3-4H2,1-2H3. The molecule has 1 heterocycles. The summed E-state index contributed by atoms with van der Waals surface area (Å²) in [6, 6.07) is 1.67. The second-order valence-corrected chi connectivity index (χ2v) is 3.02. The maximum Gasteiger partial charge on any atom is 0.307 e. The lowest BCUT2D eigenvalue weighted by Crippen LogP contribution is -2.13. The minimum atomic E-state index is -0.279. The molecule has 6 nitrogen and oxygen atoms in total. The summed E-state index contributed by atoms with van der Waals surface area (Å²) in [5.41, 5.74) is 0. The first-order valence-corrected chi connectivity index (χ1v) is 4.64. The van der Waals surface area contributed by atoms with Crippen LogP contribution in [0.3, 0.4) is 0 Å². The molecule has 1 atom stereocenters. The summed E-state index contributed by atoms with van der Waals surface area (Å²) in [6.45, 7) is 3.94. The van der Waals surface area contributed by atoms with E-state index in [0.29, 0.717) is 6.61 Å². The number of nitrogens with zero attached hydrogens (tertiary/aromatic N) is 4. The SMILES string of the molecule is CCOC(=O)CC(C)n1cnc(C#N)n1. The van der Waals surface area contributed by atoms with Gasteiger partial charge in [0, 0.05) is 0 Å². The van der Waals surface area contributed by atoms with Crippen LogP contribution < -0.4 is 0 Å². The molecule has 80 valence electrons. The summed E-state index contributed by atoms with van der Waals surface area (Å²) in [6.07, 6.45) is 1.66. The third-order valence-electron chi connectivity index (χ3n) is 1.83. The van der Waals surface area contributed by atoms with E-state index in [2.05, 4.69) is 10.1 Å². The van der Waals surface area contributed by atoms with E-state index in [1.807, 2.05) is 13.0 Å². The van der Waals surface area contributed by atoms with Crippen molar-refractivity contribution in [3.05, 3.63) is 12.2 Å². The molecule has 0 bridgehead atoms. The zero-order valence-corrected chi connectivity index (χ0v) is 8.67. The minimum absolute atomic E-state index is 0.103. The van der Waals surface area contributed by atoms with Gasteiger partial charge in [-0.3, -0.25) is 4.79 Å². The average Bonchev–Trinajstić information content (AvgIpc) is 2.66. The predicted molar refractivity (Wildman–Crippen MR) is 50.7 cm³/mol. The van der Waals surface area contributed by atoms with E-state index in [-0.39, 0.29) is 24.3 Å². The van der Waals surface area contributed by atoms with Gasteiger partial charge in [-0.15, -0.1) is 5.10 Å². The summed E-state index contributed by atoms with van der Waals surface area (Å²) in [4.78, 5) is 14.9. The van der Waals surface area contributed by atoms with Gasteiger partial charge in [0.25, 0.3) is 5.82 Å². The highest BCUT2D eigenvalue weighted by Crippen LogP contribution is 2.09. The Bertz CT molecular complexity index is 380. The second kappa shape index (κ2) is 5.10. The molecule has 1 unspecified atom stereocenters. The van der Waals surface area contributed by atoms with E-state index >= 15 is 0 Å². The highest BCUT2D eigenvalue weighted by molar-refractivity contribution is 5.69. The van der Waals surface area contributed by atoms with Crippen LogP contribution in [0.25, 0.3) is 0 Å². The number of hydrogen-bond donors (Lipinski definition) is 0. The molecule has 6 heteroatoms. The number of hydrogen-bond acceptors (Lipinski definition) is 5. The fraction of sp³-hybridized carbons (Fsp3) is 0.556. The normalized spacial score (nSPS) is 11.8. The van der Waals surface area contributed by atoms with Gasteiger partial charge < -0.3 is 4.74 Å². The average molecular weight is 208 g/mol. The number of esters is 1. The van der Waals surface area contributed by atoms with Gasteiger partial charge in [-0.05, 0) is 13.8 Å². The summed E-state index contributed by atoms with van der Waals surface area (Å²) in [5.74, 6) is -0.176. The monoisotopic (exact) mass is 208 g/mol. The molecule has 0 fully saturated rings. The lowest BCUT2D eigenvalue weighted by molar-refractivity contribution is -0.143. The van der Waals surface area contributed by atoms with Crippen LogP contribution in [0.1, 0.15) is 32.1 Å². The Morgan fingerprint density at radius 1 is 1.80 bits per heavy atom. The van der Waals surface area contributed by atoms with Crippen molar-refractivity contribution in [2.75, 3.05) is 6.61 Å². The summed E-state index contributed by atoms with van der Waals surface area (Å²) < 4.78 is 6.28. The zero-order chi connectivity index (χ0) is 11.3. The Morgan fingerprint density at radius 2 is 2.53 bits per heavy atom. The number of nitriles is 1. The highest BCUT2D eigenvalue weighted by Gasteiger charge is 2.13. The van der Waals surface area contributed by atoms with E-state index < -0.39 is 0 Å². The van der Waals surface area contributed by atoms with E-state index in [4.69, 9.17) is 10.00 Å². The van der Waals surface area contributed by atoms with Crippen LogP contribution in [0.2, 0.25) is 0 Å². The van der Waals surface area contributed by atoms with Gasteiger partial charge in [-0.1, -0.05) is 0 Å². The van der Waals surface area contributed by atoms with Crippen LogP contribution >= 0.6 is 0 Å². The van der Waals surface area contributed by atoms with Crippen molar-refractivity contribution in [2.45, 2.75) is 26.3 Å². The quantitative estimate of drug-likeness (QED) is 0.679. The van der Waals surface area contributed by atoms with Crippen molar-refractivity contribution < 1.29 is 9.53 Å². The molecule has 0 radical (unpaired) electrons. The van der Waals surface area contributed by atoms with Crippen molar-refractivity contribution in [3.8, 4) is 6.07 Å². The van der Waals surface area contributed by atoms with Gasteiger partial charge in [0.1, 0.15) is 12.4 Å². The van der Waals surface area contributed by atoms with E-state index in [1.165, 1.54) is 11.0 Å². The van der Waals surface area contributed by atoms with Gasteiger partial charge in [-0.25, -0.2) is 9.67 Å². The third-order valence-corrected chi connectivity index (χ3v) is 1.83. The van der Waals surface area contributed by atoms with Gasteiger partial charge in [-0.2, -0.15) is 5.26 Å². The number of aromatic nitrogens is 3. The van der Waals surface area contributed by atoms with Crippen LogP contribution in [0, 0.1) is 11.3 Å². The first kappa shape index (κ1) is 11.2. The molecule has 0 saturated carbocycles. The number of carbonyl (C=O) groups excluding carboxylic acids is 1. The molecule has 0 aliphatic rings. The Kier molecular flexibility index (Phi) is 3.80. The van der Waals surface area contributed by atoms with Crippen molar-refractivity contribution in [2.24, 2.45) is 0 Å². The molecule has 0 N–H and O–H groups in total. The van der Waals surface area contributed by atoms with E-state index in [9.17, 15) is 4.79 Å². The largest absolute Gasteiger partial charge is 0.466 e. The molecule has 1 aromatic heterocycles. The zero-order valence-electron chi connectivity index (χ0n) is 8.67. The molecule has 0 saturated heterocycles. The first-order valence-electron chi connectivity index (χ1n) is 4.64. The van der Waals surface area contributed by atoms with Gasteiger partial charge in [0.15, 0.2) is 0 Å². The maximum atomic E-state index is 11.2. The van der Waals surface area contributed by atoms with Crippen molar-refractivity contribution >= 4 is 5.97 Å². The van der Waals surface area contributed by atoms with Crippen molar-refractivity contribution in [1.29, 1.82) is 5.26 Å². The van der Waals surface area contributed by atoms with Crippen molar-refractivity contribution in [3.63, 3.8) is 0 Å². The molecule has 0 aliphatic heterocycles. The molecule has 0 aromatic carbocycles. The summed E-state index contributed by atoms with van der Waals surface area (Å²) in [5, 5.41) is 12.4. The van der Waals surface area contributed by atoms with E-state index in [1.54, 1.807) is 6.92 Å². The topological polar surface area (TPSA) is 80.8 Å². The molecule has 0 amide bonds. The molecule has 0 spiro atoms. The van der Waals surface area contributed by atoms with Crippen LogP contribution in [0.4, 0.5) is 0 Å². The van der Waals surface area contributed by atoms with Crippen LogP contribution in [-0.4, -0.2) is 27.3 Å². The Morgan fingerprint density at radius 3 is 3.07 bits per heavy atom. The smallest absolute Gasteiger partial charge is 0.307 e. The Labute approximate surface area is 87.5 Å². The maximum absolute atomic E-state index is 11.2. The lowest BCUT2D eigenvalue weighted by Gasteiger charge is -2.09. The summed E-state index contributed by atoms with van der Waals surface area (Å²) >= 11 is 0. The number of carbonyl (C=O) groups is 1.